The average molecular weight is 478 g/mol. The van der Waals surface area contributed by atoms with Crippen LogP contribution in [0.3, 0.4) is 0 Å². The summed E-state index contributed by atoms with van der Waals surface area (Å²) in [5, 5.41) is 24.5. The molecule has 8 nitrogen and oxygen atoms in total. The van der Waals surface area contributed by atoms with E-state index in [4.69, 9.17) is 10.2 Å². The van der Waals surface area contributed by atoms with Gasteiger partial charge in [-0.25, -0.2) is 9.59 Å². The van der Waals surface area contributed by atoms with Gasteiger partial charge in [0.2, 0.25) is 0 Å². The molecule has 36 heavy (non-hydrogen) atoms. The van der Waals surface area contributed by atoms with Crippen LogP contribution in [-0.2, 0) is 0 Å². The van der Waals surface area contributed by atoms with Crippen LogP contribution < -0.4 is 10.6 Å². The first-order valence-corrected chi connectivity index (χ1v) is 10.9. The van der Waals surface area contributed by atoms with Gasteiger partial charge in [0.15, 0.2) is 11.6 Å². The monoisotopic (exact) mass is 478 g/mol. The SMILES string of the molecule is O=C(O)c1ccc(Nc2ccc(Nc3ccc(C(=O)O)cc3)c3c2C(=O)c2ccccc2C3=O)cc1. The fraction of sp³-hybridized carbons (Fsp3) is 0. The molecule has 4 aromatic rings. The number of carbonyl (C=O) groups is 4. The zero-order valence-electron chi connectivity index (χ0n) is 18.6. The first kappa shape index (κ1) is 22.5. The van der Waals surface area contributed by atoms with E-state index in [1.165, 1.54) is 24.3 Å². The number of hydrogen-bond donors (Lipinski definition) is 4. The standard InChI is InChI=1S/C28H18N2O6/c31-25-19-3-1-2-4-20(19)26(32)24-22(30-18-11-7-16(8-12-18)28(35)36)14-13-21(23(24)25)29-17-9-5-15(6-10-17)27(33)34/h1-14,29-30H,(H,33,34)(H,35,36). The van der Waals surface area contributed by atoms with Crippen LogP contribution in [0.4, 0.5) is 22.7 Å². The lowest BCUT2D eigenvalue weighted by Gasteiger charge is -2.24. The quantitative estimate of drug-likeness (QED) is 0.257. The molecule has 0 unspecified atom stereocenters. The number of hydrogen-bond acceptors (Lipinski definition) is 6. The Morgan fingerprint density at radius 1 is 0.528 bits per heavy atom. The Labute approximate surface area is 204 Å². The summed E-state index contributed by atoms with van der Waals surface area (Å²) >= 11 is 0. The average Bonchev–Trinajstić information content (AvgIpc) is 2.88. The molecule has 4 aromatic carbocycles. The topological polar surface area (TPSA) is 133 Å². The number of carboxylic acid groups (broad SMARTS) is 2. The maximum atomic E-state index is 13.6. The smallest absolute Gasteiger partial charge is 0.335 e. The second kappa shape index (κ2) is 8.84. The van der Waals surface area contributed by atoms with Crippen molar-refractivity contribution < 1.29 is 29.4 Å². The van der Waals surface area contributed by atoms with Crippen LogP contribution in [0, 0.1) is 0 Å². The molecule has 0 saturated heterocycles. The van der Waals surface area contributed by atoms with Gasteiger partial charge in [-0.1, -0.05) is 24.3 Å². The van der Waals surface area contributed by atoms with Crippen LogP contribution in [0.2, 0.25) is 0 Å². The highest BCUT2D eigenvalue weighted by molar-refractivity contribution is 6.32. The summed E-state index contributed by atoms with van der Waals surface area (Å²) < 4.78 is 0. The molecule has 4 N–H and O–H groups in total. The lowest BCUT2D eigenvalue weighted by atomic mass is 9.82. The lowest BCUT2D eigenvalue weighted by Crippen LogP contribution is -2.23. The molecule has 0 aliphatic heterocycles. The van der Waals surface area contributed by atoms with Crippen LogP contribution in [-0.4, -0.2) is 33.7 Å². The fourth-order valence-corrected chi connectivity index (χ4v) is 4.13. The lowest BCUT2D eigenvalue weighted by molar-refractivity contribution is 0.0686. The highest BCUT2D eigenvalue weighted by Gasteiger charge is 2.34. The molecule has 176 valence electrons. The molecular formula is C28H18N2O6. The highest BCUT2D eigenvalue weighted by Crippen LogP contribution is 2.38. The van der Waals surface area contributed by atoms with Crippen LogP contribution >= 0.6 is 0 Å². The van der Waals surface area contributed by atoms with Crippen LogP contribution in [0.25, 0.3) is 0 Å². The fourth-order valence-electron chi connectivity index (χ4n) is 4.13. The number of anilines is 4. The van der Waals surface area contributed by atoms with Gasteiger partial charge in [0.25, 0.3) is 0 Å². The molecule has 0 spiro atoms. The van der Waals surface area contributed by atoms with Gasteiger partial charge in [0.1, 0.15) is 0 Å². The molecule has 0 aromatic heterocycles. The normalized spacial score (nSPS) is 11.9. The Balaban J connectivity index is 1.60. The van der Waals surface area contributed by atoms with E-state index in [2.05, 4.69) is 10.6 Å². The second-order valence-corrected chi connectivity index (χ2v) is 8.13. The van der Waals surface area contributed by atoms with Crippen molar-refractivity contribution in [2.45, 2.75) is 0 Å². The Morgan fingerprint density at radius 3 is 1.22 bits per heavy atom. The van der Waals surface area contributed by atoms with Crippen molar-refractivity contribution in [3.8, 4) is 0 Å². The van der Waals surface area contributed by atoms with Crippen LogP contribution in [0.1, 0.15) is 52.6 Å². The summed E-state index contributed by atoms with van der Waals surface area (Å²) in [7, 11) is 0. The third-order valence-electron chi connectivity index (χ3n) is 5.90. The first-order chi connectivity index (χ1) is 17.3. The van der Waals surface area contributed by atoms with E-state index in [9.17, 15) is 19.2 Å². The number of aromatic carboxylic acids is 2. The van der Waals surface area contributed by atoms with Crippen molar-refractivity contribution in [1.29, 1.82) is 0 Å². The van der Waals surface area contributed by atoms with E-state index in [1.807, 2.05) is 0 Å². The second-order valence-electron chi connectivity index (χ2n) is 8.13. The van der Waals surface area contributed by atoms with Gasteiger partial charge in [-0.05, 0) is 60.7 Å². The van der Waals surface area contributed by atoms with Gasteiger partial charge in [0.05, 0.1) is 33.6 Å². The molecule has 1 aliphatic rings. The van der Waals surface area contributed by atoms with Crippen molar-refractivity contribution in [3.05, 3.63) is 118 Å². The van der Waals surface area contributed by atoms with Gasteiger partial charge in [-0.3, -0.25) is 9.59 Å². The molecule has 5 rings (SSSR count). The molecule has 0 atom stereocenters. The van der Waals surface area contributed by atoms with E-state index >= 15 is 0 Å². The molecule has 8 heteroatoms. The highest BCUT2D eigenvalue weighted by atomic mass is 16.4. The molecule has 1 aliphatic carbocycles. The summed E-state index contributed by atoms with van der Waals surface area (Å²) in [5.74, 6) is -2.75. The van der Waals surface area contributed by atoms with Gasteiger partial charge < -0.3 is 20.8 Å². The third-order valence-corrected chi connectivity index (χ3v) is 5.90. The molecule has 0 bridgehead atoms. The largest absolute Gasteiger partial charge is 0.478 e. The number of benzene rings is 4. The van der Waals surface area contributed by atoms with Gasteiger partial charge in [-0.15, -0.1) is 0 Å². The molecule has 0 fully saturated rings. The third kappa shape index (κ3) is 3.97. The number of carboxylic acids is 2. The first-order valence-electron chi connectivity index (χ1n) is 10.9. The molecular weight excluding hydrogens is 460 g/mol. The Bertz CT molecular complexity index is 1440. The van der Waals surface area contributed by atoms with Crippen molar-refractivity contribution in [2.24, 2.45) is 0 Å². The maximum Gasteiger partial charge on any atom is 0.335 e. The Morgan fingerprint density at radius 2 is 0.889 bits per heavy atom. The summed E-state index contributed by atoms with van der Waals surface area (Å²) in [6, 6.07) is 22.0. The van der Waals surface area contributed by atoms with Crippen molar-refractivity contribution >= 4 is 46.3 Å². The van der Waals surface area contributed by atoms with E-state index < -0.39 is 11.9 Å². The van der Waals surface area contributed by atoms with Gasteiger partial charge >= 0.3 is 11.9 Å². The summed E-state index contributed by atoms with van der Waals surface area (Å²) in [6.45, 7) is 0. The minimum absolute atomic E-state index is 0.122. The van der Waals surface area contributed by atoms with Crippen molar-refractivity contribution in [3.63, 3.8) is 0 Å². The predicted octanol–water partition coefficient (Wildman–Crippen LogP) is 5.35. The molecule has 0 saturated carbocycles. The van der Waals surface area contributed by atoms with Crippen molar-refractivity contribution in [1.82, 2.24) is 0 Å². The number of rotatable bonds is 6. The zero-order valence-corrected chi connectivity index (χ0v) is 18.6. The Hall–Kier alpha value is -5.24. The van der Waals surface area contributed by atoms with E-state index in [0.717, 1.165) is 0 Å². The van der Waals surface area contributed by atoms with Gasteiger partial charge in [-0.2, -0.15) is 0 Å². The van der Waals surface area contributed by atoms with Crippen LogP contribution in [0.15, 0.2) is 84.9 Å². The number of nitrogens with one attached hydrogen (secondary N) is 2. The Kier molecular flexibility index (Phi) is 5.54. The number of fused-ring (bicyclic) bond motifs is 2. The molecule has 0 radical (unpaired) electrons. The number of carbonyl (C=O) groups excluding carboxylic acids is 2. The van der Waals surface area contributed by atoms with Crippen molar-refractivity contribution in [2.75, 3.05) is 10.6 Å². The van der Waals surface area contributed by atoms with E-state index in [-0.39, 0.29) is 33.8 Å². The minimum Gasteiger partial charge on any atom is -0.478 e. The van der Waals surface area contributed by atoms with Gasteiger partial charge in [0, 0.05) is 22.5 Å². The molecule has 0 amide bonds. The summed E-state index contributed by atoms with van der Waals surface area (Å²) in [6.07, 6.45) is 0. The molecule has 0 heterocycles. The predicted molar refractivity (Wildman–Crippen MR) is 133 cm³/mol. The van der Waals surface area contributed by atoms with E-state index in [1.54, 1.807) is 60.7 Å². The summed E-state index contributed by atoms with van der Waals surface area (Å²) in [4.78, 5) is 49.5. The maximum absolute atomic E-state index is 13.6. The number of ketones is 2. The zero-order chi connectivity index (χ0) is 25.4. The minimum atomic E-state index is -1.05. The van der Waals surface area contributed by atoms with Crippen LogP contribution in [0.5, 0.6) is 0 Å². The van der Waals surface area contributed by atoms with E-state index in [0.29, 0.717) is 33.9 Å². The summed E-state index contributed by atoms with van der Waals surface area (Å²) in [5.41, 5.74) is 3.09.